The normalized spacial score (nSPS) is 17.4. The first-order valence-corrected chi connectivity index (χ1v) is 7.69. The van der Waals surface area contributed by atoms with E-state index in [9.17, 15) is 0 Å². The Kier molecular flexibility index (Phi) is 2.95. The number of benzene rings is 2. The Morgan fingerprint density at radius 3 is 2.48 bits per heavy atom. The Morgan fingerprint density at radius 2 is 1.71 bits per heavy atom. The van der Waals surface area contributed by atoms with E-state index in [1.807, 2.05) is 0 Å². The zero-order valence-electron chi connectivity index (χ0n) is 12.2. The molecule has 0 spiro atoms. The monoisotopic (exact) mass is 276 g/mol. The molecule has 106 valence electrons. The molecule has 21 heavy (non-hydrogen) atoms. The van der Waals surface area contributed by atoms with Crippen molar-refractivity contribution in [3.8, 4) is 0 Å². The van der Waals surface area contributed by atoms with Gasteiger partial charge in [0.25, 0.3) is 0 Å². The Hall–Kier alpha value is -2.22. The average molecular weight is 276 g/mol. The van der Waals surface area contributed by atoms with Gasteiger partial charge in [0.05, 0.1) is 11.4 Å². The molecule has 0 saturated carbocycles. The Balaban J connectivity index is 1.71. The van der Waals surface area contributed by atoms with Gasteiger partial charge in [-0.25, -0.2) is 0 Å². The summed E-state index contributed by atoms with van der Waals surface area (Å²) in [4.78, 5) is 0. The number of para-hydroxylation sites is 1. The molecule has 2 heteroatoms. The van der Waals surface area contributed by atoms with Crippen LogP contribution in [0.4, 0.5) is 11.4 Å². The van der Waals surface area contributed by atoms with Crippen LogP contribution in [-0.2, 0) is 12.8 Å². The third-order valence-electron chi connectivity index (χ3n) is 4.63. The van der Waals surface area contributed by atoms with Crippen LogP contribution < -0.4 is 10.6 Å². The summed E-state index contributed by atoms with van der Waals surface area (Å²) in [6.45, 7) is 5.04. The quantitative estimate of drug-likeness (QED) is 0.811. The van der Waals surface area contributed by atoms with E-state index in [-0.39, 0.29) is 0 Å². The van der Waals surface area contributed by atoms with Crippen molar-refractivity contribution < 1.29 is 0 Å². The summed E-state index contributed by atoms with van der Waals surface area (Å²) in [5.74, 6) is 0.581. The highest BCUT2D eigenvalue weighted by atomic mass is 15.0. The molecule has 0 aromatic heterocycles. The topological polar surface area (TPSA) is 24.1 Å². The SMILES string of the molecule is C=C1CCNc2c(cccc2C2Cc3ccccc3C2)N1. The molecule has 0 unspecified atom stereocenters. The molecular formula is C19H20N2. The zero-order chi connectivity index (χ0) is 14.2. The third-order valence-corrected chi connectivity index (χ3v) is 4.63. The van der Waals surface area contributed by atoms with E-state index in [4.69, 9.17) is 0 Å². The van der Waals surface area contributed by atoms with Gasteiger partial charge in [0.1, 0.15) is 0 Å². The maximum absolute atomic E-state index is 4.08. The predicted octanol–water partition coefficient (Wildman–Crippen LogP) is 4.31. The molecule has 0 radical (unpaired) electrons. The minimum absolute atomic E-state index is 0.581. The summed E-state index contributed by atoms with van der Waals surface area (Å²) in [6.07, 6.45) is 3.27. The summed E-state index contributed by atoms with van der Waals surface area (Å²) in [6, 6.07) is 15.4. The summed E-state index contributed by atoms with van der Waals surface area (Å²) in [5, 5.41) is 7.05. The smallest absolute Gasteiger partial charge is 0.0620 e. The summed E-state index contributed by atoms with van der Waals surface area (Å²) < 4.78 is 0. The lowest BCUT2D eigenvalue weighted by Gasteiger charge is -2.18. The fourth-order valence-electron chi connectivity index (χ4n) is 3.58. The Labute approximate surface area is 125 Å². The van der Waals surface area contributed by atoms with E-state index in [1.165, 1.54) is 28.1 Å². The van der Waals surface area contributed by atoms with E-state index in [0.29, 0.717) is 5.92 Å². The molecule has 2 nitrogen and oxygen atoms in total. The van der Waals surface area contributed by atoms with Gasteiger partial charge in [-0.15, -0.1) is 0 Å². The van der Waals surface area contributed by atoms with Crippen molar-refractivity contribution >= 4 is 11.4 Å². The van der Waals surface area contributed by atoms with Crippen molar-refractivity contribution in [2.75, 3.05) is 17.2 Å². The van der Waals surface area contributed by atoms with Crippen molar-refractivity contribution in [3.63, 3.8) is 0 Å². The van der Waals surface area contributed by atoms with Gasteiger partial charge >= 0.3 is 0 Å². The summed E-state index contributed by atoms with van der Waals surface area (Å²) >= 11 is 0. The zero-order valence-corrected chi connectivity index (χ0v) is 12.2. The maximum Gasteiger partial charge on any atom is 0.0620 e. The van der Waals surface area contributed by atoms with Gasteiger partial charge in [-0.2, -0.15) is 0 Å². The second-order valence-electron chi connectivity index (χ2n) is 6.05. The van der Waals surface area contributed by atoms with Gasteiger partial charge in [-0.05, 0) is 41.5 Å². The van der Waals surface area contributed by atoms with Gasteiger partial charge in [0, 0.05) is 18.7 Å². The van der Waals surface area contributed by atoms with Gasteiger partial charge in [-0.1, -0.05) is 43.0 Å². The maximum atomic E-state index is 4.08. The third kappa shape index (κ3) is 2.21. The first-order chi connectivity index (χ1) is 10.3. The largest absolute Gasteiger partial charge is 0.383 e. The molecule has 2 aliphatic rings. The lowest BCUT2D eigenvalue weighted by Crippen LogP contribution is -2.06. The van der Waals surface area contributed by atoms with Crippen molar-refractivity contribution in [3.05, 3.63) is 71.4 Å². The molecule has 2 aromatic carbocycles. The highest BCUT2D eigenvalue weighted by Gasteiger charge is 2.26. The van der Waals surface area contributed by atoms with Crippen LogP contribution >= 0.6 is 0 Å². The molecule has 0 bridgehead atoms. The highest BCUT2D eigenvalue weighted by molar-refractivity contribution is 5.76. The first-order valence-electron chi connectivity index (χ1n) is 7.69. The van der Waals surface area contributed by atoms with Crippen LogP contribution in [0, 0.1) is 0 Å². The number of rotatable bonds is 1. The Morgan fingerprint density at radius 1 is 0.952 bits per heavy atom. The fraction of sp³-hybridized carbons (Fsp3) is 0.263. The predicted molar refractivity (Wildman–Crippen MR) is 88.9 cm³/mol. The minimum atomic E-state index is 0.581. The van der Waals surface area contributed by atoms with Gasteiger partial charge in [0.15, 0.2) is 0 Å². The van der Waals surface area contributed by atoms with E-state index in [0.717, 1.165) is 31.5 Å². The average Bonchev–Trinajstić information content (AvgIpc) is 2.82. The molecule has 1 aliphatic heterocycles. The number of anilines is 2. The number of nitrogens with one attached hydrogen (secondary N) is 2. The molecule has 0 saturated heterocycles. The van der Waals surface area contributed by atoms with E-state index in [2.05, 4.69) is 59.7 Å². The van der Waals surface area contributed by atoms with Crippen molar-refractivity contribution in [1.29, 1.82) is 0 Å². The molecular weight excluding hydrogens is 256 g/mol. The number of fused-ring (bicyclic) bond motifs is 2. The molecule has 2 aromatic rings. The molecule has 0 atom stereocenters. The fourth-order valence-corrected chi connectivity index (χ4v) is 3.58. The van der Waals surface area contributed by atoms with Gasteiger partial charge in [-0.3, -0.25) is 0 Å². The molecule has 4 rings (SSSR count). The number of hydrogen-bond acceptors (Lipinski definition) is 2. The van der Waals surface area contributed by atoms with Crippen molar-refractivity contribution in [1.82, 2.24) is 0 Å². The van der Waals surface area contributed by atoms with Crippen LogP contribution in [0.2, 0.25) is 0 Å². The lowest BCUT2D eigenvalue weighted by molar-refractivity contribution is 0.743. The highest BCUT2D eigenvalue weighted by Crippen LogP contribution is 2.40. The van der Waals surface area contributed by atoms with E-state index < -0.39 is 0 Å². The van der Waals surface area contributed by atoms with Crippen molar-refractivity contribution in [2.24, 2.45) is 0 Å². The molecule has 0 fully saturated rings. The van der Waals surface area contributed by atoms with Crippen LogP contribution in [0.1, 0.15) is 29.0 Å². The molecule has 1 heterocycles. The van der Waals surface area contributed by atoms with Crippen LogP contribution in [0.15, 0.2) is 54.7 Å². The minimum Gasteiger partial charge on any atom is -0.383 e. The first kappa shape index (κ1) is 12.5. The summed E-state index contributed by atoms with van der Waals surface area (Å²) in [5.41, 5.74) is 7.98. The van der Waals surface area contributed by atoms with Gasteiger partial charge < -0.3 is 10.6 Å². The van der Waals surface area contributed by atoms with E-state index >= 15 is 0 Å². The Bertz CT molecular complexity index is 677. The molecule has 1 aliphatic carbocycles. The van der Waals surface area contributed by atoms with Crippen LogP contribution in [-0.4, -0.2) is 6.54 Å². The lowest BCUT2D eigenvalue weighted by atomic mass is 9.93. The van der Waals surface area contributed by atoms with E-state index in [1.54, 1.807) is 0 Å². The standard InChI is InChI=1S/C19H20N2/c1-13-9-10-20-19-17(7-4-8-18(19)21-13)16-11-14-5-2-3-6-15(14)12-16/h2-8,16,20-21H,1,9-12H2. The summed E-state index contributed by atoms with van der Waals surface area (Å²) in [7, 11) is 0. The van der Waals surface area contributed by atoms with Crippen LogP contribution in [0.3, 0.4) is 0 Å². The molecule has 2 N–H and O–H groups in total. The van der Waals surface area contributed by atoms with Crippen LogP contribution in [0.25, 0.3) is 0 Å². The van der Waals surface area contributed by atoms with Crippen molar-refractivity contribution in [2.45, 2.75) is 25.2 Å². The van der Waals surface area contributed by atoms with Gasteiger partial charge in [0.2, 0.25) is 0 Å². The molecule has 0 amide bonds. The van der Waals surface area contributed by atoms with Crippen LogP contribution in [0.5, 0.6) is 0 Å². The second-order valence-corrected chi connectivity index (χ2v) is 6.05. The second kappa shape index (κ2) is 4.96. The number of hydrogen-bond donors (Lipinski definition) is 2.